The molecule has 4 heteroatoms. The van der Waals surface area contributed by atoms with Crippen molar-refractivity contribution >= 4 is 0 Å². The molecule has 2 rings (SSSR count). The molecule has 17 heavy (non-hydrogen) atoms. The van der Waals surface area contributed by atoms with Gasteiger partial charge in [-0.15, -0.1) is 0 Å². The van der Waals surface area contributed by atoms with E-state index in [0.29, 0.717) is 0 Å². The summed E-state index contributed by atoms with van der Waals surface area (Å²) < 4.78 is 0. The van der Waals surface area contributed by atoms with Gasteiger partial charge in [-0.05, 0) is 0 Å². The molecule has 0 spiro atoms. The quantitative estimate of drug-likeness (QED) is 0.537. The number of quaternary nitrogens is 1. The van der Waals surface area contributed by atoms with Crippen molar-refractivity contribution in [3.8, 4) is 0 Å². The summed E-state index contributed by atoms with van der Waals surface area (Å²) in [4.78, 5) is 0. The van der Waals surface area contributed by atoms with Gasteiger partial charge in [0.2, 0.25) is 0 Å². The van der Waals surface area contributed by atoms with Crippen LogP contribution in [0.2, 0.25) is 0 Å². The molecule has 1 aromatic carbocycles. The minimum atomic E-state index is -0.0461. The molecule has 1 aliphatic rings. The lowest BCUT2D eigenvalue weighted by atomic mass is 9.86. The van der Waals surface area contributed by atoms with Gasteiger partial charge in [0.15, 0.2) is 0 Å². The molecule has 0 amide bonds. The average molecular weight is 238 g/mol. The number of benzene rings is 1. The molecule has 0 aliphatic carbocycles. The Morgan fingerprint density at radius 3 is 2.06 bits per heavy atom. The molecule has 1 aliphatic heterocycles. The third kappa shape index (κ3) is 2.35. The normalized spacial score (nSPS) is 32.9. The van der Waals surface area contributed by atoms with E-state index in [2.05, 4.69) is 5.32 Å². The van der Waals surface area contributed by atoms with Crippen LogP contribution in [0.3, 0.4) is 0 Å². The van der Waals surface area contributed by atoms with Gasteiger partial charge in [-0.25, -0.2) is 0 Å². The second-order valence-corrected chi connectivity index (χ2v) is 4.67. The van der Waals surface area contributed by atoms with E-state index in [-0.39, 0.29) is 43.7 Å². The van der Waals surface area contributed by atoms with Crippen molar-refractivity contribution in [1.82, 2.24) is 0 Å². The van der Waals surface area contributed by atoms with E-state index in [4.69, 9.17) is 0 Å². The van der Waals surface area contributed by atoms with E-state index in [1.54, 1.807) is 0 Å². The summed E-state index contributed by atoms with van der Waals surface area (Å²) in [5.74, 6) is -0.0465. The van der Waals surface area contributed by atoms with Crippen molar-refractivity contribution < 1.29 is 20.6 Å². The monoisotopic (exact) mass is 238 g/mol. The highest BCUT2D eigenvalue weighted by molar-refractivity contribution is 5.19. The lowest BCUT2D eigenvalue weighted by Crippen LogP contribution is -2.89. The highest BCUT2D eigenvalue weighted by Gasteiger charge is 2.46. The average Bonchev–Trinajstić information content (AvgIpc) is 2.77. The molecule has 5 N–H and O–H groups in total. The Kier molecular flexibility index (Phi) is 4.12. The highest BCUT2D eigenvalue weighted by Crippen LogP contribution is 2.31. The molecule has 4 nitrogen and oxygen atoms in total. The van der Waals surface area contributed by atoms with Crippen LogP contribution in [0.4, 0.5) is 0 Å². The maximum absolute atomic E-state index is 9.50. The molecule has 0 unspecified atom stereocenters. The van der Waals surface area contributed by atoms with Gasteiger partial charge in [-0.2, -0.15) is 0 Å². The predicted molar refractivity (Wildman–Crippen MR) is 63.1 cm³/mol. The second-order valence-electron chi connectivity index (χ2n) is 4.67. The topological polar surface area (TPSA) is 77.3 Å². The van der Waals surface area contributed by atoms with Gasteiger partial charge < -0.3 is 20.6 Å². The van der Waals surface area contributed by atoms with Crippen molar-refractivity contribution in [2.24, 2.45) is 11.8 Å². The fourth-order valence-corrected chi connectivity index (χ4v) is 2.89. The van der Waals surface area contributed by atoms with Crippen molar-refractivity contribution in [1.29, 1.82) is 0 Å². The van der Waals surface area contributed by atoms with E-state index in [1.807, 2.05) is 30.3 Å². The van der Waals surface area contributed by atoms with Crippen molar-refractivity contribution in [3.05, 3.63) is 35.9 Å². The van der Waals surface area contributed by atoms with Crippen LogP contribution in [-0.4, -0.2) is 41.2 Å². The summed E-state index contributed by atoms with van der Waals surface area (Å²) in [6, 6.07) is 10.0. The highest BCUT2D eigenvalue weighted by atomic mass is 16.3. The number of aliphatic hydroxyl groups is 3. The van der Waals surface area contributed by atoms with Gasteiger partial charge >= 0.3 is 0 Å². The first-order valence-corrected chi connectivity index (χ1v) is 6.04. The molecule has 1 saturated heterocycles. The lowest BCUT2D eigenvalue weighted by molar-refractivity contribution is -0.714. The smallest absolute Gasteiger partial charge is 0.117 e. The Morgan fingerprint density at radius 2 is 1.53 bits per heavy atom. The van der Waals surface area contributed by atoms with Gasteiger partial charge in [0, 0.05) is 17.4 Å². The van der Waals surface area contributed by atoms with E-state index in [0.717, 1.165) is 5.56 Å². The van der Waals surface area contributed by atoms with Crippen LogP contribution in [0, 0.1) is 11.8 Å². The Bertz CT molecular complexity index is 344. The van der Waals surface area contributed by atoms with Crippen molar-refractivity contribution in [2.75, 3.05) is 19.8 Å². The molecule has 0 bridgehead atoms. The van der Waals surface area contributed by atoms with E-state index in [1.165, 1.54) is 0 Å². The maximum Gasteiger partial charge on any atom is 0.117 e. The van der Waals surface area contributed by atoms with E-state index in [9.17, 15) is 15.3 Å². The van der Waals surface area contributed by atoms with Gasteiger partial charge in [-0.1, -0.05) is 30.3 Å². The van der Waals surface area contributed by atoms with Crippen LogP contribution < -0.4 is 5.32 Å². The molecular formula is C13H20NO3+. The Morgan fingerprint density at radius 1 is 0.882 bits per heavy atom. The summed E-state index contributed by atoms with van der Waals surface area (Å²) in [7, 11) is 0. The summed E-state index contributed by atoms with van der Waals surface area (Å²) in [5, 5.41) is 30.3. The van der Waals surface area contributed by atoms with Crippen LogP contribution >= 0.6 is 0 Å². The molecule has 0 aromatic heterocycles. The number of hydrogen-bond acceptors (Lipinski definition) is 3. The fraction of sp³-hybridized carbons (Fsp3) is 0.538. The maximum atomic E-state index is 9.50. The molecule has 1 fully saturated rings. The number of hydrogen-bond donors (Lipinski definition) is 4. The second kappa shape index (κ2) is 5.60. The minimum Gasteiger partial charge on any atom is -0.396 e. The predicted octanol–water partition coefficient (Wildman–Crippen LogP) is -1.12. The molecule has 1 heterocycles. The Balaban J connectivity index is 2.23. The zero-order valence-corrected chi connectivity index (χ0v) is 9.74. The zero-order chi connectivity index (χ0) is 12.3. The molecular weight excluding hydrogens is 218 g/mol. The van der Waals surface area contributed by atoms with Crippen LogP contribution in [0.25, 0.3) is 0 Å². The third-order valence-electron chi connectivity index (χ3n) is 3.83. The standard InChI is InChI=1S/C13H19NO3/c15-6-10-11(7-16)13(14-12(10)8-17)9-4-2-1-3-5-9/h1-5,10-17H,6-8H2/p+1/t10-,11+,12-,13+/m1/s1. The van der Waals surface area contributed by atoms with Crippen LogP contribution in [-0.2, 0) is 0 Å². The first-order chi connectivity index (χ1) is 8.31. The van der Waals surface area contributed by atoms with Crippen molar-refractivity contribution in [3.63, 3.8) is 0 Å². The Labute approximate surface area is 101 Å². The molecule has 4 atom stereocenters. The summed E-state index contributed by atoms with van der Waals surface area (Å²) in [6.45, 7) is 0.0825. The molecule has 1 aromatic rings. The largest absolute Gasteiger partial charge is 0.396 e. The summed E-state index contributed by atoms with van der Waals surface area (Å²) >= 11 is 0. The van der Waals surface area contributed by atoms with Gasteiger partial charge in [-0.3, -0.25) is 0 Å². The number of rotatable bonds is 4. The van der Waals surface area contributed by atoms with E-state index < -0.39 is 0 Å². The first kappa shape index (κ1) is 12.5. The van der Waals surface area contributed by atoms with Crippen LogP contribution in [0.15, 0.2) is 30.3 Å². The Hall–Kier alpha value is -0.940. The van der Waals surface area contributed by atoms with Crippen molar-refractivity contribution in [2.45, 2.75) is 12.1 Å². The summed E-state index contributed by atoms with van der Waals surface area (Å²) in [5.41, 5.74) is 1.14. The summed E-state index contributed by atoms with van der Waals surface area (Å²) in [6.07, 6.45) is 0. The van der Waals surface area contributed by atoms with Crippen LogP contribution in [0.1, 0.15) is 11.6 Å². The van der Waals surface area contributed by atoms with Crippen LogP contribution in [0.5, 0.6) is 0 Å². The van der Waals surface area contributed by atoms with Gasteiger partial charge in [0.1, 0.15) is 12.1 Å². The van der Waals surface area contributed by atoms with E-state index >= 15 is 0 Å². The number of nitrogens with two attached hydrogens (primary N) is 1. The minimum absolute atomic E-state index is 0.000417. The molecule has 0 radical (unpaired) electrons. The molecule has 94 valence electrons. The zero-order valence-electron chi connectivity index (χ0n) is 9.74. The SMILES string of the molecule is OC[C@@H]1[C@H](CO)[C@H](c2ccccc2)[NH2+][C@@H]1CO. The van der Waals surface area contributed by atoms with Gasteiger partial charge in [0.05, 0.1) is 19.8 Å². The third-order valence-corrected chi connectivity index (χ3v) is 3.83. The van der Waals surface area contributed by atoms with Gasteiger partial charge in [0.25, 0.3) is 0 Å². The molecule has 0 saturated carbocycles. The number of aliphatic hydroxyl groups excluding tert-OH is 3. The fourth-order valence-electron chi connectivity index (χ4n) is 2.89. The first-order valence-electron chi connectivity index (χ1n) is 6.04. The lowest BCUT2D eigenvalue weighted by Gasteiger charge is -2.17.